The molecule has 3 rings (SSSR count). The van der Waals surface area contributed by atoms with Crippen LogP contribution in [0.15, 0.2) is 35.0 Å². The maximum absolute atomic E-state index is 11.4. The van der Waals surface area contributed by atoms with Crippen LogP contribution in [0.1, 0.15) is 24.2 Å². The van der Waals surface area contributed by atoms with Crippen molar-refractivity contribution in [1.29, 1.82) is 0 Å². The maximum Gasteiger partial charge on any atom is 0.292 e. The average Bonchev–Trinajstić information content (AvgIpc) is 3.00. The van der Waals surface area contributed by atoms with Crippen molar-refractivity contribution < 1.29 is 9.66 Å². The zero-order chi connectivity index (χ0) is 15.7. The van der Waals surface area contributed by atoms with Crippen LogP contribution in [-0.4, -0.2) is 24.1 Å². The largest absolute Gasteiger partial charge is 0.367 e. The van der Waals surface area contributed by atoms with E-state index in [9.17, 15) is 10.1 Å². The Balaban J connectivity index is 1.92. The number of ether oxygens (including phenoxy) is 1. The Labute approximate surface area is 133 Å². The summed E-state index contributed by atoms with van der Waals surface area (Å²) in [4.78, 5) is 13.1. The summed E-state index contributed by atoms with van der Waals surface area (Å²) in [5.41, 5.74) is 2.87. The molecule has 1 aromatic heterocycles. The van der Waals surface area contributed by atoms with Crippen molar-refractivity contribution >= 4 is 22.7 Å². The Morgan fingerprint density at radius 1 is 1.36 bits per heavy atom. The van der Waals surface area contributed by atoms with Gasteiger partial charge in [0.2, 0.25) is 0 Å². The van der Waals surface area contributed by atoms with Crippen molar-refractivity contribution in [2.45, 2.75) is 26.1 Å². The molecule has 0 N–H and O–H groups in total. The highest BCUT2D eigenvalue weighted by Crippen LogP contribution is 2.34. The van der Waals surface area contributed by atoms with E-state index in [-0.39, 0.29) is 22.8 Å². The van der Waals surface area contributed by atoms with Gasteiger partial charge in [-0.3, -0.25) is 10.1 Å². The second kappa shape index (κ2) is 6.06. The van der Waals surface area contributed by atoms with Gasteiger partial charge in [0.1, 0.15) is 11.8 Å². The molecule has 0 aliphatic carbocycles. The molecule has 0 radical (unpaired) electrons. The van der Waals surface area contributed by atoms with Crippen molar-refractivity contribution in [3.05, 3.63) is 56.3 Å². The number of nitro benzene ring substituents is 1. The molecule has 22 heavy (non-hydrogen) atoms. The molecule has 2 aromatic rings. The number of hydrogen-bond acceptors (Lipinski definition) is 5. The molecule has 1 saturated heterocycles. The van der Waals surface area contributed by atoms with Crippen molar-refractivity contribution in [3.8, 4) is 0 Å². The summed E-state index contributed by atoms with van der Waals surface area (Å²) < 4.78 is 6.00. The van der Waals surface area contributed by atoms with E-state index in [1.807, 2.05) is 31.4 Å². The topological polar surface area (TPSA) is 55.6 Å². The number of anilines is 1. The molecule has 5 nitrogen and oxygen atoms in total. The Kier molecular flexibility index (Phi) is 4.13. The predicted octanol–water partition coefficient (Wildman–Crippen LogP) is 3.93. The number of morpholine rings is 1. The number of thiophene rings is 1. The molecule has 0 amide bonds. The van der Waals surface area contributed by atoms with E-state index in [0.717, 1.165) is 11.1 Å². The molecule has 1 aromatic carbocycles. The van der Waals surface area contributed by atoms with Crippen LogP contribution >= 0.6 is 11.3 Å². The van der Waals surface area contributed by atoms with Gasteiger partial charge in [0.25, 0.3) is 5.69 Å². The highest BCUT2D eigenvalue weighted by Gasteiger charge is 2.30. The van der Waals surface area contributed by atoms with Gasteiger partial charge in [-0.05, 0) is 47.9 Å². The molecular weight excluding hydrogens is 300 g/mol. The van der Waals surface area contributed by atoms with Gasteiger partial charge in [-0.1, -0.05) is 6.07 Å². The smallest absolute Gasteiger partial charge is 0.292 e. The second-order valence-electron chi connectivity index (χ2n) is 5.65. The fraction of sp³-hybridized carbons (Fsp3) is 0.375. The summed E-state index contributed by atoms with van der Waals surface area (Å²) in [7, 11) is 0. The minimum atomic E-state index is -0.304. The number of aryl methyl sites for hydroxylation is 1. The van der Waals surface area contributed by atoms with E-state index in [2.05, 4.69) is 16.3 Å². The van der Waals surface area contributed by atoms with Gasteiger partial charge >= 0.3 is 0 Å². The quantitative estimate of drug-likeness (QED) is 0.635. The first-order chi connectivity index (χ1) is 10.5. The van der Waals surface area contributed by atoms with Crippen molar-refractivity contribution in [3.63, 3.8) is 0 Å². The zero-order valence-corrected chi connectivity index (χ0v) is 13.4. The van der Waals surface area contributed by atoms with Gasteiger partial charge in [-0.2, -0.15) is 11.3 Å². The third-order valence-electron chi connectivity index (χ3n) is 3.84. The number of benzene rings is 1. The third kappa shape index (κ3) is 2.98. The summed E-state index contributed by atoms with van der Waals surface area (Å²) in [5, 5.41) is 15.5. The van der Waals surface area contributed by atoms with E-state index >= 15 is 0 Å². The first-order valence-corrected chi connectivity index (χ1v) is 8.16. The molecule has 0 bridgehead atoms. The molecule has 2 heterocycles. The Morgan fingerprint density at radius 2 is 2.18 bits per heavy atom. The maximum atomic E-state index is 11.4. The first-order valence-electron chi connectivity index (χ1n) is 7.22. The van der Waals surface area contributed by atoms with Crippen molar-refractivity contribution in [2.24, 2.45) is 0 Å². The Hall–Kier alpha value is -1.92. The van der Waals surface area contributed by atoms with E-state index in [0.29, 0.717) is 18.8 Å². The number of nitrogens with zero attached hydrogens (tertiary/aromatic N) is 2. The van der Waals surface area contributed by atoms with Crippen molar-refractivity contribution in [1.82, 2.24) is 0 Å². The normalized spacial score (nSPS) is 21.8. The van der Waals surface area contributed by atoms with Crippen LogP contribution in [0.4, 0.5) is 11.4 Å². The van der Waals surface area contributed by atoms with Crippen LogP contribution < -0.4 is 4.90 Å². The summed E-state index contributed by atoms with van der Waals surface area (Å²) in [5.74, 6) is 0. The number of hydrogen-bond donors (Lipinski definition) is 0. The highest BCUT2D eigenvalue weighted by atomic mass is 32.1. The lowest BCUT2D eigenvalue weighted by molar-refractivity contribution is -0.384. The van der Waals surface area contributed by atoms with E-state index in [1.165, 1.54) is 0 Å². The lowest BCUT2D eigenvalue weighted by atomic mass is 10.1. The molecule has 1 fully saturated rings. The van der Waals surface area contributed by atoms with Gasteiger partial charge in [0.05, 0.1) is 11.0 Å². The standard InChI is InChI=1S/C16H18N2O3S/c1-11-3-4-14(15(7-11)18(19)20)17-8-12(2)21-16(9-17)13-5-6-22-10-13/h3-7,10,12,16H,8-9H2,1-2H3. The van der Waals surface area contributed by atoms with Crippen LogP contribution in [0.25, 0.3) is 0 Å². The first kappa shape index (κ1) is 15.0. The van der Waals surface area contributed by atoms with Crippen LogP contribution in [0.2, 0.25) is 0 Å². The van der Waals surface area contributed by atoms with Gasteiger partial charge in [-0.15, -0.1) is 0 Å². The Bertz CT molecular complexity index is 672. The third-order valence-corrected chi connectivity index (χ3v) is 4.55. The average molecular weight is 318 g/mol. The summed E-state index contributed by atoms with van der Waals surface area (Å²) in [6.45, 7) is 5.16. The number of nitro groups is 1. The fourth-order valence-electron chi connectivity index (χ4n) is 2.84. The summed E-state index contributed by atoms with van der Waals surface area (Å²) in [6.07, 6.45) is -0.0181. The van der Waals surface area contributed by atoms with Crippen LogP contribution in [0, 0.1) is 17.0 Å². The van der Waals surface area contributed by atoms with E-state index in [4.69, 9.17) is 4.74 Å². The van der Waals surface area contributed by atoms with E-state index in [1.54, 1.807) is 17.4 Å². The molecule has 1 aliphatic rings. The highest BCUT2D eigenvalue weighted by molar-refractivity contribution is 7.07. The Morgan fingerprint density at radius 3 is 2.86 bits per heavy atom. The van der Waals surface area contributed by atoms with E-state index < -0.39 is 0 Å². The van der Waals surface area contributed by atoms with Gasteiger partial charge < -0.3 is 9.64 Å². The second-order valence-corrected chi connectivity index (χ2v) is 6.43. The van der Waals surface area contributed by atoms with Gasteiger partial charge in [0, 0.05) is 19.2 Å². The molecule has 116 valence electrons. The molecule has 2 atom stereocenters. The molecule has 2 unspecified atom stereocenters. The SMILES string of the molecule is Cc1ccc(N2CC(C)OC(c3ccsc3)C2)c([N+](=O)[O-])c1. The van der Waals surface area contributed by atoms with Gasteiger partial charge in [-0.25, -0.2) is 0 Å². The predicted molar refractivity (Wildman–Crippen MR) is 87.7 cm³/mol. The minimum absolute atomic E-state index is 0.0274. The van der Waals surface area contributed by atoms with Crippen molar-refractivity contribution in [2.75, 3.05) is 18.0 Å². The molecule has 1 aliphatic heterocycles. The molecular formula is C16H18N2O3S. The van der Waals surface area contributed by atoms with Crippen LogP contribution in [0.3, 0.4) is 0 Å². The summed E-state index contributed by atoms with van der Waals surface area (Å²) >= 11 is 1.63. The van der Waals surface area contributed by atoms with Crippen LogP contribution in [0.5, 0.6) is 0 Å². The molecule has 6 heteroatoms. The molecule has 0 spiro atoms. The van der Waals surface area contributed by atoms with Crippen LogP contribution in [-0.2, 0) is 4.74 Å². The van der Waals surface area contributed by atoms with Gasteiger partial charge in [0.15, 0.2) is 0 Å². The zero-order valence-electron chi connectivity index (χ0n) is 12.6. The number of rotatable bonds is 3. The molecule has 0 saturated carbocycles. The lowest BCUT2D eigenvalue weighted by Crippen LogP contribution is -2.43. The monoisotopic (exact) mass is 318 g/mol. The summed E-state index contributed by atoms with van der Waals surface area (Å²) in [6, 6.07) is 7.45. The fourth-order valence-corrected chi connectivity index (χ4v) is 3.54. The lowest BCUT2D eigenvalue weighted by Gasteiger charge is -2.37. The minimum Gasteiger partial charge on any atom is -0.367 e.